The highest BCUT2D eigenvalue weighted by atomic mass is 16.4. The second kappa shape index (κ2) is 5.00. The predicted octanol–water partition coefficient (Wildman–Crippen LogP) is 4.06. The monoisotopic (exact) mass is 257 g/mol. The summed E-state index contributed by atoms with van der Waals surface area (Å²) in [5.41, 5.74) is 4.11. The van der Waals surface area contributed by atoms with Gasteiger partial charge in [0.15, 0.2) is 0 Å². The SMILES string of the molecule is CCC(C)c1cc(C(=O)O)c2cc(C)cc(C)c2n1. The van der Waals surface area contributed by atoms with Crippen LogP contribution < -0.4 is 0 Å². The zero-order valence-electron chi connectivity index (χ0n) is 11.8. The van der Waals surface area contributed by atoms with E-state index in [1.54, 1.807) is 6.07 Å². The summed E-state index contributed by atoms with van der Waals surface area (Å²) in [6.45, 7) is 8.11. The first-order valence-corrected chi connectivity index (χ1v) is 6.59. The van der Waals surface area contributed by atoms with Gasteiger partial charge in [0.05, 0.1) is 11.1 Å². The van der Waals surface area contributed by atoms with Crippen molar-refractivity contribution in [2.24, 2.45) is 0 Å². The van der Waals surface area contributed by atoms with Crippen LogP contribution in [-0.2, 0) is 0 Å². The van der Waals surface area contributed by atoms with Crippen molar-refractivity contribution >= 4 is 16.9 Å². The first-order chi connectivity index (χ1) is 8.93. The Bertz CT molecular complexity index is 647. The highest BCUT2D eigenvalue weighted by Crippen LogP contribution is 2.27. The number of aromatic carboxylic acids is 1. The average Bonchev–Trinajstić information content (AvgIpc) is 2.36. The largest absolute Gasteiger partial charge is 0.478 e. The molecule has 1 unspecified atom stereocenters. The van der Waals surface area contributed by atoms with Gasteiger partial charge >= 0.3 is 5.97 Å². The molecule has 0 aliphatic heterocycles. The predicted molar refractivity (Wildman–Crippen MR) is 76.9 cm³/mol. The Morgan fingerprint density at radius 2 is 2.00 bits per heavy atom. The molecule has 2 rings (SSSR count). The van der Waals surface area contributed by atoms with Crippen LogP contribution >= 0.6 is 0 Å². The minimum absolute atomic E-state index is 0.267. The first kappa shape index (κ1) is 13.5. The van der Waals surface area contributed by atoms with E-state index in [0.29, 0.717) is 5.56 Å². The number of hydrogen-bond donors (Lipinski definition) is 1. The molecule has 19 heavy (non-hydrogen) atoms. The lowest BCUT2D eigenvalue weighted by molar-refractivity contribution is 0.0699. The van der Waals surface area contributed by atoms with Crippen LogP contribution in [0.15, 0.2) is 18.2 Å². The Labute approximate surface area is 113 Å². The normalized spacial score (nSPS) is 12.6. The van der Waals surface area contributed by atoms with Crippen LogP contribution in [0.2, 0.25) is 0 Å². The van der Waals surface area contributed by atoms with Gasteiger partial charge in [0.25, 0.3) is 0 Å². The summed E-state index contributed by atoms with van der Waals surface area (Å²) < 4.78 is 0. The second-order valence-corrected chi connectivity index (χ2v) is 5.19. The molecule has 3 heteroatoms. The maximum atomic E-state index is 11.5. The Morgan fingerprint density at radius 1 is 1.32 bits per heavy atom. The molecule has 1 aromatic heterocycles. The molecule has 0 bridgehead atoms. The second-order valence-electron chi connectivity index (χ2n) is 5.19. The zero-order valence-corrected chi connectivity index (χ0v) is 11.8. The number of rotatable bonds is 3. The van der Waals surface area contributed by atoms with Crippen LogP contribution in [0.1, 0.15) is 53.4 Å². The van der Waals surface area contributed by atoms with Gasteiger partial charge in [-0.3, -0.25) is 4.98 Å². The number of hydrogen-bond acceptors (Lipinski definition) is 2. The molecule has 0 radical (unpaired) electrons. The summed E-state index contributed by atoms with van der Waals surface area (Å²) in [6, 6.07) is 5.66. The van der Waals surface area contributed by atoms with Crippen LogP contribution in [0.4, 0.5) is 0 Å². The van der Waals surface area contributed by atoms with Crippen molar-refractivity contribution in [1.29, 1.82) is 0 Å². The summed E-state index contributed by atoms with van der Waals surface area (Å²) in [6.07, 6.45) is 0.947. The molecular formula is C16H19NO2. The van der Waals surface area contributed by atoms with Crippen molar-refractivity contribution in [2.75, 3.05) is 0 Å². The third-order valence-electron chi connectivity index (χ3n) is 3.62. The molecule has 1 N–H and O–H groups in total. The van der Waals surface area contributed by atoms with Crippen molar-refractivity contribution < 1.29 is 9.90 Å². The van der Waals surface area contributed by atoms with Crippen molar-refractivity contribution in [2.45, 2.75) is 40.0 Å². The van der Waals surface area contributed by atoms with Crippen LogP contribution in [0, 0.1) is 13.8 Å². The highest BCUT2D eigenvalue weighted by Gasteiger charge is 2.16. The van der Waals surface area contributed by atoms with Gasteiger partial charge in [0.2, 0.25) is 0 Å². The van der Waals surface area contributed by atoms with E-state index in [1.807, 2.05) is 26.0 Å². The molecular weight excluding hydrogens is 238 g/mol. The van der Waals surface area contributed by atoms with E-state index in [1.165, 1.54) is 0 Å². The molecule has 3 nitrogen and oxygen atoms in total. The number of nitrogens with zero attached hydrogens (tertiary/aromatic N) is 1. The summed E-state index contributed by atoms with van der Waals surface area (Å²) in [5.74, 6) is -0.620. The lowest BCUT2D eigenvalue weighted by Crippen LogP contribution is -2.05. The van der Waals surface area contributed by atoms with Crippen molar-refractivity contribution in [3.8, 4) is 0 Å². The van der Waals surface area contributed by atoms with E-state index < -0.39 is 5.97 Å². The van der Waals surface area contributed by atoms with E-state index in [9.17, 15) is 9.90 Å². The quantitative estimate of drug-likeness (QED) is 0.902. The number of carbonyl (C=O) groups is 1. The van der Waals surface area contributed by atoms with Gasteiger partial charge in [-0.2, -0.15) is 0 Å². The molecule has 0 fully saturated rings. The molecule has 0 aliphatic carbocycles. The van der Waals surface area contributed by atoms with Gasteiger partial charge in [0.1, 0.15) is 0 Å². The minimum atomic E-state index is -0.887. The van der Waals surface area contributed by atoms with Crippen molar-refractivity contribution in [3.05, 3.63) is 40.6 Å². The molecule has 1 atom stereocenters. The molecule has 2 aromatic rings. The molecule has 100 valence electrons. The number of carboxylic acid groups (broad SMARTS) is 1. The average molecular weight is 257 g/mol. The zero-order chi connectivity index (χ0) is 14.2. The van der Waals surface area contributed by atoms with Crippen LogP contribution in [0.3, 0.4) is 0 Å². The number of carboxylic acids is 1. The van der Waals surface area contributed by atoms with Gasteiger partial charge in [0, 0.05) is 11.1 Å². The van der Waals surface area contributed by atoms with E-state index in [4.69, 9.17) is 0 Å². The molecule has 0 saturated carbocycles. The summed E-state index contributed by atoms with van der Waals surface area (Å²) in [7, 11) is 0. The topological polar surface area (TPSA) is 50.2 Å². The number of pyridine rings is 1. The number of benzene rings is 1. The molecule has 0 spiro atoms. The van der Waals surface area contributed by atoms with Gasteiger partial charge in [-0.15, -0.1) is 0 Å². The Balaban J connectivity index is 2.83. The lowest BCUT2D eigenvalue weighted by Gasteiger charge is -2.13. The van der Waals surface area contributed by atoms with E-state index in [2.05, 4.69) is 18.8 Å². The van der Waals surface area contributed by atoms with Gasteiger partial charge in [-0.05, 0) is 43.9 Å². The molecule has 1 aromatic carbocycles. The van der Waals surface area contributed by atoms with Crippen LogP contribution in [0.5, 0.6) is 0 Å². The number of fused-ring (bicyclic) bond motifs is 1. The highest BCUT2D eigenvalue weighted by molar-refractivity contribution is 6.03. The van der Waals surface area contributed by atoms with E-state index >= 15 is 0 Å². The molecule has 1 heterocycles. The Hall–Kier alpha value is -1.90. The Morgan fingerprint density at radius 3 is 2.58 bits per heavy atom. The fourth-order valence-electron chi connectivity index (χ4n) is 2.34. The molecule has 0 saturated heterocycles. The summed E-state index contributed by atoms with van der Waals surface area (Å²) >= 11 is 0. The smallest absolute Gasteiger partial charge is 0.336 e. The molecule has 0 aliphatic rings. The molecule has 0 amide bonds. The van der Waals surface area contributed by atoms with Crippen LogP contribution in [-0.4, -0.2) is 16.1 Å². The maximum absolute atomic E-state index is 11.5. The van der Waals surface area contributed by atoms with Gasteiger partial charge in [-0.25, -0.2) is 4.79 Å². The number of aromatic nitrogens is 1. The van der Waals surface area contributed by atoms with E-state index in [0.717, 1.165) is 34.1 Å². The third-order valence-corrected chi connectivity index (χ3v) is 3.62. The Kier molecular flexibility index (Phi) is 3.56. The summed E-state index contributed by atoms with van der Waals surface area (Å²) in [5, 5.41) is 10.1. The fraction of sp³-hybridized carbons (Fsp3) is 0.375. The lowest BCUT2D eigenvalue weighted by atomic mass is 9.97. The first-order valence-electron chi connectivity index (χ1n) is 6.59. The number of aryl methyl sites for hydroxylation is 2. The fourth-order valence-corrected chi connectivity index (χ4v) is 2.34. The van der Waals surface area contributed by atoms with Crippen molar-refractivity contribution in [1.82, 2.24) is 4.98 Å². The van der Waals surface area contributed by atoms with Gasteiger partial charge in [-0.1, -0.05) is 25.5 Å². The van der Waals surface area contributed by atoms with Gasteiger partial charge < -0.3 is 5.11 Å². The van der Waals surface area contributed by atoms with E-state index in [-0.39, 0.29) is 5.92 Å². The maximum Gasteiger partial charge on any atom is 0.336 e. The minimum Gasteiger partial charge on any atom is -0.478 e. The summed E-state index contributed by atoms with van der Waals surface area (Å²) in [4.78, 5) is 16.1. The standard InChI is InChI=1S/C16H19NO2/c1-5-10(3)14-8-13(16(18)19)12-7-9(2)6-11(4)15(12)17-14/h6-8,10H,5H2,1-4H3,(H,18,19). The third kappa shape index (κ3) is 2.46. The van der Waals surface area contributed by atoms with Crippen molar-refractivity contribution in [3.63, 3.8) is 0 Å². The van der Waals surface area contributed by atoms with Crippen LogP contribution in [0.25, 0.3) is 10.9 Å².